The molecule has 1 atom stereocenters. The molecule has 0 spiro atoms. The van der Waals surface area contributed by atoms with Crippen LogP contribution in [0.3, 0.4) is 0 Å². The predicted molar refractivity (Wildman–Crippen MR) is 148 cm³/mol. The topological polar surface area (TPSA) is 88.5 Å². The van der Waals surface area contributed by atoms with Crippen LogP contribution >= 0.6 is 0 Å². The van der Waals surface area contributed by atoms with E-state index in [1.807, 2.05) is 78.0 Å². The molecule has 2 aromatic carbocycles. The summed E-state index contributed by atoms with van der Waals surface area (Å²) in [6.45, 7) is 9.73. The number of nitrogens with zero attached hydrogens (tertiary/aromatic N) is 3. The molecule has 5 rings (SSSR count). The van der Waals surface area contributed by atoms with Crippen molar-refractivity contribution in [1.82, 2.24) is 20.0 Å². The SMILES string of the molecule is C=CC(=O)N1CCC([C@@H]2CCNc3c(C(=O)NC(C)C)c(-c4ccc(Oc5ccccc5)cc4)nn32)CC1. The Kier molecular flexibility index (Phi) is 7.49. The first-order valence-electron chi connectivity index (χ1n) is 13.4. The van der Waals surface area contributed by atoms with Gasteiger partial charge in [-0.05, 0) is 81.5 Å². The number of amides is 2. The summed E-state index contributed by atoms with van der Waals surface area (Å²) in [5, 5.41) is 11.6. The van der Waals surface area contributed by atoms with Crippen LogP contribution in [-0.4, -0.2) is 52.2 Å². The molecule has 3 heterocycles. The number of anilines is 1. The Morgan fingerprint density at radius 1 is 1.05 bits per heavy atom. The van der Waals surface area contributed by atoms with E-state index in [1.54, 1.807) is 0 Å². The van der Waals surface area contributed by atoms with Gasteiger partial charge < -0.3 is 20.3 Å². The second-order valence-corrected chi connectivity index (χ2v) is 10.2. The fraction of sp³-hybridized carbons (Fsp3) is 0.367. The van der Waals surface area contributed by atoms with E-state index in [2.05, 4.69) is 17.2 Å². The molecule has 1 saturated heterocycles. The van der Waals surface area contributed by atoms with Crippen molar-refractivity contribution >= 4 is 17.6 Å². The third-order valence-corrected chi connectivity index (χ3v) is 7.28. The van der Waals surface area contributed by atoms with Crippen molar-refractivity contribution in [3.05, 3.63) is 72.8 Å². The Balaban J connectivity index is 1.45. The van der Waals surface area contributed by atoms with Crippen LogP contribution < -0.4 is 15.4 Å². The van der Waals surface area contributed by atoms with E-state index < -0.39 is 0 Å². The van der Waals surface area contributed by atoms with Crippen molar-refractivity contribution in [2.75, 3.05) is 25.0 Å². The molecule has 0 unspecified atom stereocenters. The van der Waals surface area contributed by atoms with Crippen molar-refractivity contribution in [2.24, 2.45) is 5.92 Å². The van der Waals surface area contributed by atoms with Crippen molar-refractivity contribution in [3.8, 4) is 22.8 Å². The van der Waals surface area contributed by atoms with Crippen LogP contribution in [0, 0.1) is 5.92 Å². The first-order chi connectivity index (χ1) is 18.4. The second-order valence-electron chi connectivity index (χ2n) is 10.2. The van der Waals surface area contributed by atoms with E-state index >= 15 is 0 Å². The van der Waals surface area contributed by atoms with Gasteiger partial charge in [-0.25, -0.2) is 4.68 Å². The lowest BCUT2D eigenvalue weighted by Crippen LogP contribution is -2.41. The van der Waals surface area contributed by atoms with Crippen molar-refractivity contribution in [3.63, 3.8) is 0 Å². The minimum atomic E-state index is -0.139. The molecule has 0 aliphatic carbocycles. The number of benzene rings is 2. The lowest BCUT2D eigenvalue weighted by atomic mass is 9.87. The molecule has 0 bridgehead atoms. The van der Waals surface area contributed by atoms with Crippen molar-refractivity contribution in [2.45, 2.75) is 45.2 Å². The number of carbonyl (C=O) groups is 2. The average Bonchev–Trinajstić information content (AvgIpc) is 3.33. The van der Waals surface area contributed by atoms with Crippen LogP contribution in [0.15, 0.2) is 67.3 Å². The Labute approximate surface area is 223 Å². The highest BCUT2D eigenvalue weighted by atomic mass is 16.5. The van der Waals surface area contributed by atoms with Crippen LogP contribution in [0.25, 0.3) is 11.3 Å². The Morgan fingerprint density at radius 3 is 2.39 bits per heavy atom. The van der Waals surface area contributed by atoms with E-state index in [-0.39, 0.29) is 23.9 Å². The molecule has 3 aromatic rings. The maximum absolute atomic E-state index is 13.4. The highest BCUT2D eigenvalue weighted by Crippen LogP contribution is 2.40. The lowest BCUT2D eigenvalue weighted by molar-refractivity contribution is -0.127. The molecule has 8 heteroatoms. The van der Waals surface area contributed by atoms with Gasteiger partial charge >= 0.3 is 0 Å². The molecule has 2 aliphatic rings. The summed E-state index contributed by atoms with van der Waals surface area (Å²) >= 11 is 0. The summed E-state index contributed by atoms with van der Waals surface area (Å²) < 4.78 is 7.99. The number of likely N-dealkylation sites (tertiary alicyclic amines) is 1. The van der Waals surface area contributed by atoms with Gasteiger partial charge in [0.2, 0.25) is 5.91 Å². The molecule has 198 valence electrons. The number of fused-ring (bicyclic) bond motifs is 1. The lowest BCUT2D eigenvalue weighted by Gasteiger charge is -2.38. The zero-order valence-electron chi connectivity index (χ0n) is 22.0. The van der Waals surface area contributed by atoms with Gasteiger partial charge in [0.1, 0.15) is 28.6 Å². The number of piperidine rings is 1. The summed E-state index contributed by atoms with van der Waals surface area (Å²) in [7, 11) is 0. The predicted octanol–water partition coefficient (Wildman–Crippen LogP) is 5.26. The zero-order valence-corrected chi connectivity index (χ0v) is 22.0. The summed E-state index contributed by atoms with van der Waals surface area (Å²) in [6.07, 6.45) is 4.11. The minimum Gasteiger partial charge on any atom is -0.457 e. The van der Waals surface area contributed by atoms with Gasteiger partial charge in [0.05, 0.1) is 6.04 Å². The average molecular weight is 514 g/mol. The molecule has 38 heavy (non-hydrogen) atoms. The van der Waals surface area contributed by atoms with E-state index in [0.717, 1.165) is 42.9 Å². The molecule has 2 amide bonds. The first-order valence-corrected chi connectivity index (χ1v) is 13.4. The zero-order chi connectivity index (χ0) is 26.6. The largest absolute Gasteiger partial charge is 0.457 e. The number of hydrogen-bond acceptors (Lipinski definition) is 5. The van der Waals surface area contributed by atoms with Crippen LogP contribution in [0.1, 0.15) is 49.5 Å². The summed E-state index contributed by atoms with van der Waals surface area (Å²) in [4.78, 5) is 27.4. The highest BCUT2D eigenvalue weighted by Gasteiger charge is 2.36. The molecular weight excluding hydrogens is 478 g/mol. The number of para-hydroxylation sites is 1. The third-order valence-electron chi connectivity index (χ3n) is 7.28. The molecule has 1 aromatic heterocycles. The van der Waals surface area contributed by atoms with Crippen molar-refractivity contribution in [1.29, 1.82) is 0 Å². The van der Waals surface area contributed by atoms with Gasteiger partial charge in [-0.1, -0.05) is 24.8 Å². The minimum absolute atomic E-state index is 0.00124. The summed E-state index contributed by atoms with van der Waals surface area (Å²) in [5.74, 6) is 2.48. The van der Waals surface area contributed by atoms with Crippen molar-refractivity contribution < 1.29 is 14.3 Å². The van der Waals surface area contributed by atoms with Gasteiger partial charge in [-0.15, -0.1) is 0 Å². The Morgan fingerprint density at radius 2 is 1.74 bits per heavy atom. The summed E-state index contributed by atoms with van der Waals surface area (Å²) in [5.41, 5.74) is 2.08. The maximum Gasteiger partial charge on any atom is 0.257 e. The highest BCUT2D eigenvalue weighted by molar-refractivity contribution is 6.05. The third kappa shape index (κ3) is 5.30. The van der Waals surface area contributed by atoms with Gasteiger partial charge in [0.25, 0.3) is 5.91 Å². The molecule has 0 saturated carbocycles. The van der Waals surface area contributed by atoms with Crippen LogP contribution in [0.5, 0.6) is 11.5 Å². The fourth-order valence-corrected chi connectivity index (χ4v) is 5.43. The van der Waals surface area contributed by atoms with E-state index in [0.29, 0.717) is 36.0 Å². The normalized spacial score (nSPS) is 17.4. The molecule has 1 fully saturated rings. The number of ether oxygens (including phenoxy) is 1. The molecule has 8 nitrogen and oxygen atoms in total. The number of carbonyl (C=O) groups excluding carboxylic acids is 2. The molecule has 2 N–H and O–H groups in total. The molecule has 2 aliphatic heterocycles. The van der Waals surface area contributed by atoms with E-state index in [4.69, 9.17) is 9.84 Å². The first kappa shape index (κ1) is 25.6. The number of rotatable bonds is 7. The van der Waals surface area contributed by atoms with Crippen LogP contribution in [0.4, 0.5) is 5.82 Å². The van der Waals surface area contributed by atoms with Crippen LogP contribution in [0.2, 0.25) is 0 Å². The van der Waals surface area contributed by atoms with Crippen LogP contribution in [-0.2, 0) is 4.79 Å². The Bertz CT molecular complexity index is 1290. The summed E-state index contributed by atoms with van der Waals surface area (Å²) in [6, 6.07) is 17.5. The number of nitrogens with one attached hydrogen (secondary N) is 2. The quantitative estimate of drug-likeness (QED) is 0.421. The smallest absolute Gasteiger partial charge is 0.257 e. The second kappa shape index (κ2) is 11.1. The molecule has 0 radical (unpaired) electrons. The van der Waals surface area contributed by atoms with Gasteiger partial charge in [0, 0.05) is 31.2 Å². The fourth-order valence-electron chi connectivity index (χ4n) is 5.43. The Hall–Kier alpha value is -4.07. The van der Waals surface area contributed by atoms with E-state index in [1.165, 1.54) is 6.08 Å². The van der Waals surface area contributed by atoms with Gasteiger partial charge in [-0.3, -0.25) is 9.59 Å². The molecular formula is C30H35N5O3. The number of aromatic nitrogens is 2. The maximum atomic E-state index is 13.4. The van der Waals surface area contributed by atoms with Gasteiger partial charge in [-0.2, -0.15) is 5.10 Å². The number of hydrogen-bond donors (Lipinski definition) is 2. The monoisotopic (exact) mass is 513 g/mol. The standard InChI is InChI=1S/C30H35N5O3/c1-4-26(36)34-18-15-21(16-19-34)25-14-17-31-29-27(30(37)32-20(2)3)28(33-35(25)29)22-10-12-24(13-11-22)38-23-8-6-5-7-9-23/h4-13,20-21,25,31H,1,14-19H2,2-3H3,(H,32,37)/t25-/m0/s1. The van der Waals surface area contributed by atoms with E-state index in [9.17, 15) is 9.59 Å². The van der Waals surface area contributed by atoms with Gasteiger partial charge in [0.15, 0.2) is 0 Å².